The quantitative estimate of drug-likeness (QED) is 0.169. The largest absolute Gasteiger partial charge is 0.309 e. The summed E-state index contributed by atoms with van der Waals surface area (Å²) < 4.78 is 2.43. The van der Waals surface area contributed by atoms with Gasteiger partial charge in [-0.1, -0.05) is 170 Å². The van der Waals surface area contributed by atoms with E-state index in [4.69, 9.17) is 0 Å². The Kier molecular flexibility index (Phi) is 7.25. The van der Waals surface area contributed by atoms with Crippen LogP contribution in [-0.2, 0) is 0 Å². The molecule has 0 saturated carbocycles. The Balaban J connectivity index is 1.05. The van der Waals surface area contributed by atoms with Crippen LogP contribution in [0.15, 0.2) is 212 Å². The van der Waals surface area contributed by atoms with Gasteiger partial charge in [-0.25, -0.2) is 0 Å². The minimum absolute atomic E-state index is 1.15. The second-order valence-electron chi connectivity index (χ2n) is 14.5. The first-order chi connectivity index (χ1) is 27.2. The van der Waals surface area contributed by atoms with Gasteiger partial charge in [0.25, 0.3) is 0 Å². The molecule has 0 aliphatic heterocycles. The van der Waals surface area contributed by atoms with Gasteiger partial charge in [0.05, 0.1) is 11.0 Å². The monoisotopic (exact) mass is 697 g/mol. The smallest absolute Gasteiger partial charge is 0.0541 e. The van der Waals surface area contributed by atoms with E-state index in [-0.39, 0.29) is 0 Å². The Morgan fingerprint density at radius 2 is 0.655 bits per heavy atom. The molecule has 0 saturated heterocycles. The highest BCUT2D eigenvalue weighted by atomic mass is 15.0. The van der Waals surface area contributed by atoms with Crippen LogP contribution in [-0.4, -0.2) is 4.57 Å². The molecule has 11 aromatic rings. The molecule has 0 atom stereocenters. The molecule has 10 aromatic carbocycles. The third kappa shape index (κ3) is 5.32. The molecule has 1 heteroatoms. The van der Waals surface area contributed by atoms with Crippen molar-refractivity contribution < 1.29 is 0 Å². The van der Waals surface area contributed by atoms with E-state index in [9.17, 15) is 0 Å². The molecule has 0 unspecified atom stereocenters. The van der Waals surface area contributed by atoms with Gasteiger partial charge in [-0.05, 0) is 119 Å². The molecule has 1 nitrogen and oxygen atoms in total. The Hall–Kier alpha value is -7.22. The molecule has 0 amide bonds. The first-order valence-electron chi connectivity index (χ1n) is 19.0. The lowest BCUT2D eigenvalue weighted by molar-refractivity contribution is 1.18. The van der Waals surface area contributed by atoms with Crippen LogP contribution in [0.4, 0.5) is 0 Å². The van der Waals surface area contributed by atoms with Gasteiger partial charge >= 0.3 is 0 Å². The van der Waals surface area contributed by atoms with Gasteiger partial charge in [-0.3, -0.25) is 0 Å². The van der Waals surface area contributed by atoms with Crippen LogP contribution in [0, 0.1) is 0 Å². The summed E-state index contributed by atoms with van der Waals surface area (Å²) in [7, 11) is 0. The van der Waals surface area contributed by atoms with Crippen molar-refractivity contribution in [3.63, 3.8) is 0 Å². The first-order valence-corrected chi connectivity index (χ1v) is 19.0. The zero-order valence-corrected chi connectivity index (χ0v) is 30.2. The van der Waals surface area contributed by atoms with Gasteiger partial charge in [0.15, 0.2) is 0 Å². The van der Waals surface area contributed by atoms with Gasteiger partial charge in [-0.2, -0.15) is 0 Å². The molecule has 11 rings (SSSR count). The number of aromatic nitrogens is 1. The number of hydrogen-bond donors (Lipinski definition) is 0. The highest BCUT2D eigenvalue weighted by Crippen LogP contribution is 2.39. The summed E-state index contributed by atoms with van der Waals surface area (Å²) in [5.74, 6) is 0. The molecule has 55 heavy (non-hydrogen) atoms. The lowest BCUT2D eigenvalue weighted by Gasteiger charge is -2.12. The first kappa shape index (κ1) is 31.3. The van der Waals surface area contributed by atoms with E-state index in [1.807, 2.05) is 0 Å². The molecule has 0 N–H and O–H groups in total. The van der Waals surface area contributed by atoms with Crippen molar-refractivity contribution in [2.24, 2.45) is 0 Å². The van der Waals surface area contributed by atoms with Crippen molar-refractivity contribution in [2.75, 3.05) is 0 Å². The average Bonchev–Trinajstić information content (AvgIpc) is 3.59. The van der Waals surface area contributed by atoms with E-state index < -0.39 is 0 Å². The summed E-state index contributed by atoms with van der Waals surface area (Å²) in [6, 6.07) is 77.8. The molecule has 0 radical (unpaired) electrons. The second kappa shape index (κ2) is 12.7. The lowest BCUT2D eigenvalue weighted by Crippen LogP contribution is -1.94. The maximum atomic E-state index is 2.43. The molecule has 0 aliphatic carbocycles. The fourth-order valence-corrected chi connectivity index (χ4v) is 8.62. The summed E-state index contributed by atoms with van der Waals surface area (Å²) in [6.45, 7) is 0. The van der Waals surface area contributed by atoms with Gasteiger partial charge in [-0.15, -0.1) is 0 Å². The minimum Gasteiger partial charge on any atom is -0.309 e. The number of nitrogens with zero attached hydrogens (tertiary/aromatic N) is 1. The Morgan fingerprint density at radius 3 is 1.25 bits per heavy atom. The summed E-state index contributed by atoms with van der Waals surface area (Å²) in [6.07, 6.45) is 0. The Labute approximate surface area is 320 Å². The van der Waals surface area contributed by atoms with Crippen LogP contribution < -0.4 is 0 Å². The highest BCUT2D eigenvalue weighted by molar-refractivity contribution is 6.12. The number of hydrogen-bond acceptors (Lipinski definition) is 0. The minimum atomic E-state index is 1.15. The van der Waals surface area contributed by atoms with Gasteiger partial charge in [0.2, 0.25) is 0 Å². The maximum Gasteiger partial charge on any atom is 0.0541 e. The van der Waals surface area contributed by atoms with E-state index in [0.717, 1.165) is 5.69 Å². The molecular formula is C54H35N. The summed E-state index contributed by atoms with van der Waals surface area (Å²) in [4.78, 5) is 0. The summed E-state index contributed by atoms with van der Waals surface area (Å²) in [5.41, 5.74) is 13.3. The van der Waals surface area contributed by atoms with Crippen molar-refractivity contribution in [2.45, 2.75) is 0 Å². The average molecular weight is 698 g/mol. The van der Waals surface area contributed by atoms with Crippen molar-refractivity contribution in [3.05, 3.63) is 212 Å². The molecule has 1 heterocycles. The van der Waals surface area contributed by atoms with E-state index in [2.05, 4.69) is 217 Å². The molecule has 1 aromatic heterocycles. The van der Waals surface area contributed by atoms with Gasteiger partial charge in [0, 0.05) is 16.5 Å². The number of rotatable bonds is 5. The van der Waals surface area contributed by atoms with Crippen LogP contribution in [0.1, 0.15) is 0 Å². The van der Waals surface area contributed by atoms with Crippen LogP contribution in [0.5, 0.6) is 0 Å². The van der Waals surface area contributed by atoms with Crippen molar-refractivity contribution in [1.82, 2.24) is 4.57 Å². The summed E-state index contributed by atoms with van der Waals surface area (Å²) >= 11 is 0. The Bertz CT molecular complexity index is 3230. The molecule has 0 fully saturated rings. The maximum absolute atomic E-state index is 2.43. The fourth-order valence-electron chi connectivity index (χ4n) is 8.62. The third-order valence-corrected chi connectivity index (χ3v) is 11.4. The van der Waals surface area contributed by atoms with Crippen LogP contribution in [0.2, 0.25) is 0 Å². The SMILES string of the molecule is c1ccc2cc(-c3ccc4c(c3)c3cc(-c5ccc(-c6cccc7ccccc67)cc5)ccc3n4-c3ccc(-c4cccc5ccccc45)cc3)ccc2c1. The lowest BCUT2D eigenvalue weighted by atomic mass is 9.95. The fraction of sp³-hybridized carbons (Fsp3) is 0. The van der Waals surface area contributed by atoms with Crippen molar-refractivity contribution in [1.29, 1.82) is 0 Å². The standard InChI is InChI=1S/C54H35N/c1-2-12-42-33-43(24-21-36(42)9-1)45-28-32-54-52(35-45)51-34-44(37-19-22-40(23-20-37)49-17-7-13-38-10-3-5-15-47(38)49)27-31-53(51)55(54)46-29-25-41(26-30-46)50-18-8-14-39-11-4-6-16-48(39)50/h1-35H. The third-order valence-electron chi connectivity index (χ3n) is 11.4. The number of benzene rings is 10. The highest BCUT2D eigenvalue weighted by Gasteiger charge is 2.16. The van der Waals surface area contributed by atoms with E-state index in [1.54, 1.807) is 0 Å². The van der Waals surface area contributed by atoms with Crippen molar-refractivity contribution in [3.8, 4) is 50.2 Å². The molecule has 0 aliphatic rings. The summed E-state index contributed by atoms with van der Waals surface area (Å²) in [5, 5.41) is 10.1. The van der Waals surface area contributed by atoms with Crippen molar-refractivity contribution >= 4 is 54.1 Å². The normalized spacial score (nSPS) is 11.6. The number of fused-ring (bicyclic) bond motifs is 6. The van der Waals surface area contributed by atoms with Crippen LogP contribution >= 0.6 is 0 Å². The predicted octanol–water partition coefficient (Wildman–Crippen LogP) is 14.9. The molecule has 256 valence electrons. The zero-order chi connectivity index (χ0) is 36.3. The second-order valence-corrected chi connectivity index (χ2v) is 14.5. The molecular weight excluding hydrogens is 663 g/mol. The topological polar surface area (TPSA) is 4.93 Å². The van der Waals surface area contributed by atoms with E-state index >= 15 is 0 Å². The van der Waals surface area contributed by atoms with Gasteiger partial charge in [0.1, 0.15) is 0 Å². The molecule has 0 spiro atoms. The van der Waals surface area contributed by atoms with Crippen LogP contribution in [0.3, 0.4) is 0 Å². The molecule has 0 bridgehead atoms. The van der Waals surface area contributed by atoms with Crippen LogP contribution in [0.25, 0.3) is 104 Å². The Morgan fingerprint density at radius 1 is 0.236 bits per heavy atom. The van der Waals surface area contributed by atoms with E-state index in [0.29, 0.717) is 0 Å². The zero-order valence-electron chi connectivity index (χ0n) is 30.2. The van der Waals surface area contributed by atoms with Gasteiger partial charge < -0.3 is 4.57 Å². The predicted molar refractivity (Wildman–Crippen MR) is 235 cm³/mol. The van der Waals surface area contributed by atoms with E-state index in [1.165, 1.54) is 98.6 Å².